The lowest BCUT2D eigenvalue weighted by molar-refractivity contribution is -0.141. The average molecular weight is 586 g/mol. The average Bonchev–Trinajstić information content (AvgIpc) is 3.14. The smallest absolute Gasteiger partial charge is 0.411 e. The second-order valence-corrected chi connectivity index (χ2v) is 9.45. The number of anilines is 1. The van der Waals surface area contributed by atoms with E-state index in [0.29, 0.717) is 9.26 Å². The molecule has 35 heavy (non-hydrogen) atoms. The van der Waals surface area contributed by atoms with Gasteiger partial charge >= 0.3 is 12.1 Å². The molecular formula is C26H23IN2O6. The van der Waals surface area contributed by atoms with Crippen LogP contribution < -0.4 is 10.6 Å². The van der Waals surface area contributed by atoms with Crippen molar-refractivity contribution >= 4 is 46.2 Å². The maximum absolute atomic E-state index is 12.6. The first-order valence-corrected chi connectivity index (χ1v) is 12.0. The second kappa shape index (κ2) is 10.4. The Labute approximate surface area is 215 Å². The highest BCUT2D eigenvalue weighted by molar-refractivity contribution is 14.1. The van der Waals surface area contributed by atoms with E-state index in [0.717, 1.165) is 22.3 Å². The summed E-state index contributed by atoms with van der Waals surface area (Å²) in [7, 11) is 0. The molecule has 0 bridgehead atoms. The molecule has 0 spiro atoms. The fourth-order valence-corrected chi connectivity index (χ4v) is 4.83. The van der Waals surface area contributed by atoms with E-state index in [4.69, 9.17) is 4.74 Å². The molecule has 0 aliphatic heterocycles. The molecule has 4 N–H and O–H groups in total. The number of hydrogen-bond acceptors (Lipinski definition) is 5. The summed E-state index contributed by atoms with van der Waals surface area (Å²) in [5.41, 5.74) is 4.91. The molecular weight excluding hydrogens is 563 g/mol. The fraction of sp³-hybridized carbons (Fsp3) is 0.192. The van der Waals surface area contributed by atoms with E-state index in [9.17, 15) is 24.6 Å². The molecule has 2 atom stereocenters. The van der Waals surface area contributed by atoms with Gasteiger partial charge in [0, 0.05) is 20.7 Å². The molecule has 0 saturated carbocycles. The van der Waals surface area contributed by atoms with Crippen LogP contribution in [0.1, 0.15) is 34.3 Å². The lowest BCUT2D eigenvalue weighted by Crippen LogP contribution is -2.47. The van der Waals surface area contributed by atoms with Crippen molar-refractivity contribution < 1.29 is 29.3 Å². The molecule has 1 aliphatic carbocycles. The number of halogens is 1. The monoisotopic (exact) mass is 586 g/mol. The van der Waals surface area contributed by atoms with Crippen LogP contribution >= 0.6 is 22.6 Å². The van der Waals surface area contributed by atoms with Crippen LogP contribution in [0.5, 0.6) is 0 Å². The number of fused-ring (bicyclic) bond motifs is 3. The number of rotatable bonds is 7. The molecule has 0 unspecified atom stereocenters. The maximum atomic E-state index is 12.6. The predicted octanol–water partition coefficient (Wildman–Crippen LogP) is 4.22. The third-order valence-corrected chi connectivity index (χ3v) is 6.41. The standard InChI is InChI=1S/C26H23IN2O6/c1-14(30)23(25(32)33)29-24(31)15-10-16(27)12-17(11-15)28-26(34)35-13-22-20-8-4-2-6-18(20)19-7-3-5-9-21(19)22/h2-12,14,22-23,30H,13H2,1H3,(H,28,34)(H,29,31)(H,32,33)/t14-,23+/m1/s1. The Morgan fingerprint density at radius 3 is 2.17 bits per heavy atom. The number of aliphatic hydroxyl groups excluding tert-OH is 1. The van der Waals surface area contributed by atoms with E-state index in [1.807, 2.05) is 59.0 Å². The van der Waals surface area contributed by atoms with Gasteiger partial charge in [0.1, 0.15) is 6.61 Å². The van der Waals surface area contributed by atoms with Gasteiger partial charge < -0.3 is 20.3 Å². The molecule has 8 nitrogen and oxygen atoms in total. The number of benzene rings is 3. The molecule has 0 saturated heterocycles. The summed E-state index contributed by atoms with van der Waals surface area (Å²) in [6, 6.07) is 19.2. The van der Waals surface area contributed by atoms with Crippen molar-refractivity contribution in [2.75, 3.05) is 11.9 Å². The van der Waals surface area contributed by atoms with Crippen LogP contribution in [0.4, 0.5) is 10.5 Å². The summed E-state index contributed by atoms with van der Waals surface area (Å²) in [5.74, 6) is -2.12. The van der Waals surface area contributed by atoms with Crippen molar-refractivity contribution in [1.29, 1.82) is 0 Å². The van der Waals surface area contributed by atoms with Crippen LogP contribution in [-0.2, 0) is 9.53 Å². The van der Waals surface area contributed by atoms with Gasteiger partial charge in [-0.05, 0) is 70.0 Å². The molecule has 3 aromatic rings. The molecule has 9 heteroatoms. The zero-order valence-electron chi connectivity index (χ0n) is 18.7. The molecule has 1 aliphatic rings. The SMILES string of the molecule is C[C@@H](O)[C@H](NC(=O)c1cc(I)cc(NC(=O)OCC2c3ccccc3-c3ccccc32)c1)C(=O)O. The van der Waals surface area contributed by atoms with Crippen LogP contribution in [0.2, 0.25) is 0 Å². The summed E-state index contributed by atoms with van der Waals surface area (Å²) in [5, 5.41) is 23.7. The Morgan fingerprint density at radius 1 is 1.00 bits per heavy atom. The minimum atomic E-state index is -1.46. The number of aliphatic carboxylic acids is 1. The number of aliphatic hydroxyl groups is 1. The van der Waals surface area contributed by atoms with Gasteiger partial charge in [-0.1, -0.05) is 48.5 Å². The number of ether oxygens (including phenoxy) is 1. The van der Waals surface area contributed by atoms with Crippen LogP contribution in [0.25, 0.3) is 11.1 Å². The Kier molecular flexibility index (Phi) is 7.37. The number of nitrogens with one attached hydrogen (secondary N) is 2. The van der Waals surface area contributed by atoms with Gasteiger partial charge in [-0.3, -0.25) is 10.1 Å². The zero-order chi connectivity index (χ0) is 25.1. The highest BCUT2D eigenvalue weighted by Crippen LogP contribution is 2.44. The van der Waals surface area contributed by atoms with Crippen molar-refractivity contribution in [3.8, 4) is 11.1 Å². The van der Waals surface area contributed by atoms with Crippen LogP contribution in [0.15, 0.2) is 66.7 Å². The van der Waals surface area contributed by atoms with Crippen molar-refractivity contribution in [3.63, 3.8) is 0 Å². The van der Waals surface area contributed by atoms with E-state index < -0.39 is 30.1 Å². The molecule has 0 aromatic heterocycles. The van der Waals surface area contributed by atoms with Gasteiger partial charge in [-0.2, -0.15) is 0 Å². The number of carboxylic acids is 1. The quantitative estimate of drug-likeness (QED) is 0.308. The van der Waals surface area contributed by atoms with Crippen LogP contribution in [0.3, 0.4) is 0 Å². The summed E-state index contributed by atoms with van der Waals surface area (Å²) < 4.78 is 6.19. The third kappa shape index (κ3) is 5.46. The minimum absolute atomic E-state index is 0.0844. The maximum Gasteiger partial charge on any atom is 0.411 e. The van der Waals surface area contributed by atoms with E-state index in [2.05, 4.69) is 22.8 Å². The highest BCUT2D eigenvalue weighted by Gasteiger charge is 2.29. The van der Waals surface area contributed by atoms with Crippen molar-refractivity contribution in [1.82, 2.24) is 5.32 Å². The minimum Gasteiger partial charge on any atom is -0.480 e. The lowest BCUT2D eigenvalue weighted by Gasteiger charge is -2.17. The van der Waals surface area contributed by atoms with Crippen molar-refractivity contribution in [2.45, 2.75) is 25.0 Å². The first kappa shape index (κ1) is 24.7. The van der Waals surface area contributed by atoms with E-state index in [1.165, 1.54) is 13.0 Å². The number of carbonyl (C=O) groups is 3. The number of hydrogen-bond donors (Lipinski definition) is 4. The summed E-state index contributed by atoms with van der Waals surface area (Å²) in [4.78, 5) is 36.4. The van der Waals surface area contributed by atoms with Crippen molar-refractivity contribution in [2.24, 2.45) is 0 Å². The summed E-state index contributed by atoms with van der Waals surface area (Å²) >= 11 is 1.99. The topological polar surface area (TPSA) is 125 Å². The first-order valence-electron chi connectivity index (χ1n) is 10.9. The Bertz CT molecular complexity index is 1250. The molecule has 180 valence electrons. The van der Waals surface area contributed by atoms with Crippen molar-refractivity contribution in [3.05, 3.63) is 87.0 Å². The summed E-state index contributed by atoms with van der Waals surface area (Å²) in [6.45, 7) is 1.42. The lowest BCUT2D eigenvalue weighted by atomic mass is 9.98. The first-order chi connectivity index (χ1) is 16.7. The number of carboxylic acid groups (broad SMARTS) is 1. The van der Waals surface area contributed by atoms with Gasteiger partial charge in [0.05, 0.1) is 6.10 Å². The molecule has 4 rings (SSSR count). The Morgan fingerprint density at radius 2 is 1.60 bits per heavy atom. The second-order valence-electron chi connectivity index (χ2n) is 8.21. The zero-order valence-corrected chi connectivity index (χ0v) is 20.9. The molecule has 2 amide bonds. The Hall–Kier alpha value is -3.44. The number of carbonyl (C=O) groups excluding carboxylic acids is 2. The van der Waals surface area contributed by atoms with Gasteiger partial charge in [0.2, 0.25) is 0 Å². The van der Waals surface area contributed by atoms with Gasteiger partial charge in [0.25, 0.3) is 5.91 Å². The molecule has 3 aromatic carbocycles. The third-order valence-electron chi connectivity index (χ3n) is 5.79. The number of amides is 2. The van der Waals surface area contributed by atoms with Gasteiger partial charge in [-0.25, -0.2) is 9.59 Å². The van der Waals surface area contributed by atoms with E-state index in [-0.39, 0.29) is 18.1 Å². The van der Waals surface area contributed by atoms with Crippen LogP contribution in [0, 0.1) is 3.57 Å². The molecule has 0 fully saturated rings. The largest absolute Gasteiger partial charge is 0.480 e. The van der Waals surface area contributed by atoms with Crippen LogP contribution in [-0.4, -0.2) is 46.9 Å². The van der Waals surface area contributed by atoms with E-state index in [1.54, 1.807) is 12.1 Å². The highest BCUT2D eigenvalue weighted by atomic mass is 127. The normalized spacial score (nSPS) is 13.8. The molecule has 0 radical (unpaired) electrons. The molecule has 0 heterocycles. The van der Waals surface area contributed by atoms with E-state index >= 15 is 0 Å². The fourth-order valence-electron chi connectivity index (χ4n) is 4.16. The summed E-state index contributed by atoms with van der Waals surface area (Å²) in [6.07, 6.45) is -1.95. The Balaban J connectivity index is 1.44. The van der Waals surface area contributed by atoms with Gasteiger partial charge in [-0.15, -0.1) is 0 Å². The predicted molar refractivity (Wildman–Crippen MR) is 138 cm³/mol. The van der Waals surface area contributed by atoms with Gasteiger partial charge in [0.15, 0.2) is 6.04 Å².